The van der Waals surface area contributed by atoms with E-state index >= 15 is 0 Å². The number of nitrogens with one attached hydrogen (secondary N) is 1. The van der Waals surface area contributed by atoms with E-state index in [2.05, 4.69) is 23.4 Å². The molecule has 1 aromatic heterocycles. The van der Waals surface area contributed by atoms with Gasteiger partial charge in [-0.3, -0.25) is 4.68 Å². The second-order valence-corrected chi connectivity index (χ2v) is 5.04. The molecule has 4 nitrogen and oxygen atoms in total. The lowest BCUT2D eigenvalue weighted by molar-refractivity contribution is 0.402. The van der Waals surface area contributed by atoms with Crippen molar-refractivity contribution >= 4 is 11.6 Å². The van der Waals surface area contributed by atoms with E-state index in [1.807, 2.05) is 29.9 Å². The Morgan fingerprint density at radius 2 is 2.15 bits per heavy atom. The van der Waals surface area contributed by atoms with E-state index in [0.717, 1.165) is 30.0 Å². The van der Waals surface area contributed by atoms with Gasteiger partial charge < -0.3 is 10.1 Å². The van der Waals surface area contributed by atoms with Crippen LogP contribution < -0.4 is 10.1 Å². The summed E-state index contributed by atoms with van der Waals surface area (Å²) in [4.78, 5) is 0. The zero-order valence-electron chi connectivity index (χ0n) is 12.1. The van der Waals surface area contributed by atoms with Crippen LogP contribution in [-0.2, 0) is 7.05 Å². The van der Waals surface area contributed by atoms with Gasteiger partial charge in [0.25, 0.3) is 0 Å². The molecule has 0 spiro atoms. The van der Waals surface area contributed by atoms with Crippen LogP contribution in [0.25, 0.3) is 0 Å². The topological polar surface area (TPSA) is 39.1 Å². The Bertz CT molecular complexity index is 548. The fourth-order valence-electron chi connectivity index (χ4n) is 2.29. The van der Waals surface area contributed by atoms with E-state index < -0.39 is 0 Å². The molecule has 0 fully saturated rings. The molecule has 0 amide bonds. The monoisotopic (exact) mass is 293 g/mol. The number of ether oxygens (including phenoxy) is 1. The number of aromatic nitrogens is 2. The van der Waals surface area contributed by atoms with Crippen LogP contribution in [0.2, 0.25) is 5.02 Å². The van der Waals surface area contributed by atoms with Gasteiger partial charge in [0.15, 0.2) is 0 Å². The van der Waals surface area contributed by atoms with Crippen molar-refractivity contribution in [3.63, 3.8) is 0 Å². The Labute approximate surface area is 124 Å². The Kier molecular flexibility index (Phi) is 5.04. The molecule has 0 bridgehead atoms. The number of rotatable bonds is 6. The lowest BCUT2D eigenvalue weighted by atomic mass is 10.0. The van der Waals surface area contributed by atoms with Gasteiger partial charge in [0, 0.05) is 12.6 Å². The molecule has 0 aliphatic carbocycles. The van der Waals surface area contributed by atoms with Gasteiger partial charge in [0.05, 0.1) is 30.1 Å². The van der Waals surface area contributed by atoms with E-state index in [9.17, 15) is 0 Å². The maximum absolute atomic E-state index is 6.30. The lowest BCUT2D eigenvalue weighted by Crippen LogP contribution is -2.26. The van der Waals surface area contributed by atoms with Gasteiger partial charge in [0.1, 0.15) is 5.75 Å². The Morgan fingerprint density at radius 3 is 2.75 bits per heavy atom. The number of hydrogen-bond donors (Lipinski definition) is 1. The number of hydrogen-bond acceptors (Lipinski definition) is 3. The Hall–Kier alpha value is -1.52. The van der Waals surface area contributed by atoms with Gasteiger partial charge in [-0.05, 0) is 19.0 Å². The third kappa shape index (κ3) is 2.97. The zero-order chi connectivity index (χ0) is 14.5. The second-order valence-electron chi connectivity index (χ2n) is 4.63. The molecular formula is C15H20ClN3O. The third-order valence-corrected chi connectivity index (χ3v) is 3.55. The van der Waals surface area contributed by atoms with Crippen LogP contribution in [0.15, 0.2) is 30.5 Å². The van der Waals surface area contributed by atoms with E-state index in [4.69, 9.17) is 16.3 Å². The van der Waals surface area contributed by atoms with Crippen LogP contribution in [0.1, 0.15) is 30.6 Å². The number of methoxy groups -OCH3 is 1. The minimum absolute atomic E-state index is 0.0360. The molecule has 0 aliphatic heterocycles. The van der Waals surface area contributed by atoms with Gasteiger partial charge >= 0.3 is 0 Å². The molecule has 2 aromatic rings. The first kappa shape index (κ1) is 14.9. The van der Waals surface area contributed by atoms with Crippen LogP contribution in [0.5, 0.6) is 5.75 Å². The van der Waals surface area contributed by atoms with E-state index in [-0.39, 0.29) is 6.04 Å². The molecule has 1 atom stereocenters. The zero-order valence-corrected chi connectivity index (χ0v) is 12.8. The average Bonchev–Trinajstić information content (AvgIpc) is 2.80. The number of nitrogens with zero attached hydrogens (tertiary/aromatic N) is 2. The van der Waals surface area contributed by atoms with Crippen molar-refractivity contribution in [3.8, 4) is 5.75 Å². The summed E-state index contributed by atoms with van der Waals surface area (Å²) in [6, 6.07) is 7.94. The van der Waals surface area contributed by atoms with Crippen molar-refractivity contribution in [2.24, 2.45) is 7.05 Å². The van der Waals surface area contributed by atoms with Crippen molar-refractivity contribution in [2.45, 2.75) is 19.4 Å². The molecule has 0 saturated carbocycles. The Balaban J connectivity index is 2.47. The highest BCUT2D eigenvalue weighted by molar-refractivity contribution is 6.31. The van der Waals surface area contributed by atoms with Crippen LogP contribution in [0.4, 0.5) is 0 Å². The molecule has 20 heavy (non-hydrogen) atoms. The van der Waals surface area contributed by atoms with E-state index in [1.54, 1.807) is 13.3 Å². The van der Waals surface area contributed by atoms with Crippen molar-refractivity contribution in [3.05, 3.63) is 46.7 Å². The molecule has 1 heterocycles. The predicted molar refractivity (Wildman–Crippen MR) is 81.3 cm³/mol. The lowest BCUT2D eigenvalue weighted by Gasteiger charge is -2.22. The normalized spacial score (nSPS) is 12.4. The molecular weight excluding hydrogens is 274 g/mol. The van der Waals surface area contributed by atoms with Crippen molar-refractivity contribution < 1.29 is 4.74 Å². The SMILES string of the molecule is CCCNC(c1ccccc1OC)c1c(Cl)cnn1C. The van der Waals surface area contributed by atoms with Crippen LogP contribution in [0.3, 0.4) is 0 Å². The first-order valence-electron chi connectivity index (χ1n) is 6.72. The molecule has 0 saturated heterocycles. The van der Waals surface area contributed by atoms with Crippen LogP contribution in [0, 0.1) is 0 Å². The minimum Gasteiger partial charge on any atom is -0.496 e. The largest absolute Gasteiger partial charge is 0.496 e. The second kappa shape index (κ2) is 6.77. The first-order chi connectivity index (χ1) is 9.69. The molecule has 2 rings (SSSR count). The summed E-state index contributed by atoms with van der Waals surface area (Å²) in [6.45, 7) is 3.03. The predicted octanol–water partition coefficient (Wildman–Crippen LogP) is 3.17. The van der Waals surface area contributed by atoms with Crippen LogP contribution in [-0.4, -0.2) is 23.4 Å². The third-order valence-electron chi connectivity index (χ3n) is 3.26. The Morgan fingerprint density at radius 1 is 1.40 bits per heavy atom. The average molecular weight is 294 g/mol. The highest BCUT2D eigenvalue weighted by Gasteiger charge is 2.23. The smallest absolute Gasteiger partial charge is 0.124 e. The summed E-state index contributed by atoms with van der Waals surface area (Å²) in [5, 5.41) is 8.41. The van der Waals surface area contributed by atoms with Crippen molar-refractivity contribution in [1.82, 2.24) is 15.1 Å². The number of halogens is 1. The maximum atomic E-state index is 6.30. The van der Waals surface area contributed by atoms with Gasteiger partial charge in [-0.2, -0.15) is 5.10 Å². The molecule has 108 valence electrons. The maximum Gasteiger partial charge on any atom is 0.124 e. The summed E-state index contributed by atoms with van der Waals surface area (Å²) in [5.74, 6) is 0.846. The van der Waals surface area contributed by atoms with Crippen molar-refractivity contribution in [2.75, 3.05) is 13.7 Å². The molecule has 5 heteroatoms. The first-order valence-corrected chi connectivity index (χ1v) is 7.10. The molecule has 1 unspecified atom stereocenters. The summed E-state index contributed by atoms with van der Waals surface area (Å²) in [7, 11) is 3.58. The molecule has 0 aliphatic rings. The van der Waals surface area contributed by atoms with Crippen molar-refractivity contribution in [1.29, 1.82) is 0 Å². The molecule has 0 radical (unpaired) electrons. The molecule has 1 aromatic carbocycles. The fraction of sp³-hybridized carbons (Fsp3) is 0.400. The summed E-state index contributed by atoms with van der Waals surface area (Å²) < 4.78 is 7.28. The van der Waals surface area contributed by atoms with E-state index in [1.165, 1.54) is 0 Å². The number of aryl methyl sites for hydroxylation is 1. The molecule has 1 N–H and O–H groups in total. The highest BCUT2D eigenvalue weighted by Crippen LogP contribution is 2.33. The van der Waals surface area contributed by atoms with Gasteiger partial charge in [-0.15, -0.1) is 0 Å². The quantitative estimate of drug-likeness (QED) is 0.889. The summed E-state index contributed by atoms with van der Waals surface area (Å²) in [5.41, 5.74) is 2.01. The van der Waals surface area contributed by atoms with Crippen LogP contribution >= 0.6 is 11.6 Å². The number of benzene rings is 1. The minimum atomic E-state index is -0.0360. The van der Waals surface area contributed by atoms with E-state index in [0.29, 0.717) is 5.02 Å². The standard InChI is InChI=1S/C15H20ClN3O/c1-4-9-17-14(15-12(16)10-18-19(15)2)11-7-5-6-8-13(11)20-3/h5-8,10,14,17H,4,9H2,1-3H3. The fourth-order valence-corrected chi connectivity index (χ4v) is 2.57. The summed E-state index contributed by atoms with van der Waals surface area (Å²) in [6.07, 6.45) is 2.72. The highest BCUT2D eigenvalue weighted by atomic mass is 35.5. The summed E-state index contributed by atoms with van der Waals surface area (Å²) >= 11 is 6.30. The van der Waals surface area contributed by atoms with Gasteiger partial charge in [-0.1, -0.05) is 36.7 Å². The number of para-hydroxylation sites is 1. The van der Waals surface area contributed by atoms with Gasteiger partial charge in [-0.25, -0.2) is 0 Å². The van der Waals surface area contributed by atoms with Gasteiger partial charge in [0.2, 0.25) is 0 Å².